The van der Waals surface area contributed by atoms with E-state index in [0.717, 1.165) is 57.7 Å². The fraction of sp³-hybridized carbons (Fsp3) is 0.109. The highest BCUT2D eigenvalue weighted by Crippen LogP contribution is 2.50. The van der Waals surface area contributed by atoms with Crippen LogP contribution in [0.25, 0.3) is 71.6 Å². The summed E-state index contributed by atoms with van der Waals surface area (Å²) in [7, 11) is 0. The lowest BCUT2D eigenvalue weighted by atomic mass is 9.99. The molecule has 4 nitrogen and oxygen atoms in total. The Morgan fingerprint density at radius 2 is 1.42 bits per heavy atom. The van der Waals surface area contributed by atoms with E-state index in [9.17, 15) is 0 Å². The molecule has 0 bridgehead atoms. The van der Waals surface area contributed by atoms with Gasteiger partial charge in [-0.05, 0) is 131 Å². The van der Waals surface area contributed by atoms with E-state index < -0.39 is 0 Å². The van der Waals surface area contributed by atoms with E-state index >= 15 is 0 Å². The summed E-state index contributed by atoms with van der Waals surface area (Å²) < 4.78 is 9.25. The van der Waals surface area contributed by atoms with Crippen LogP contribution >= 0.6 is 11.3 Å². The fourth-order valence-corrected chi connectivity index (χ4v) is 10.8. The van der Waals surface area contributed by atoms with Gasteiger partial charge in [-0.25, -0.2) is 4.99 Å². The molecule has 0 saturated heterocycles. The van der Waals surface area contributed by atoms with Crippen LogP contribution in [-0.4, -0.2) is 17.6 Å². The molecule has 3 aliphatic carbocycles. The number of nitrogens with zero attached hydrogens (tertiary/aromatic N) is 3. The van der Waals surface area contributed by atoms with Crippen molar-refractivity contribution in [3.05, 3.63) is 198 Å². The van der Waals surface area contributed by atoms with Gasteiger partial charge >= 0.3 is 0 Å². The van der Waals surface area contributed by atoms with E-state index in [-0.39, 0.29) is 0 Å². The molecule has 0 spiro atoms. The first kappa shape index (κ1) is 35.0. The number of para-hydroxylation sites is 2. The summed E-state index contributed by atoms with van der Waals surface area (Å²) >= 11 is 1.96. The molecule has 2 aromatic heterocycles. The van der Waals surface area contributed by atoms with Gasteiger partial charge in [0.05, 0.1) is 16.7 Å². The Balaban J connectivity index is 0.932. The van der Waals surface area contributed by atoms with Crippen molar-refractivity contribution in [1.82, 2.24) is 4.57 Å². The number of anilines is 2. The molecule has 0 amide bonds. The zero-order chi connectivity index (χ0) is 39.6. The van der Waals surface area contributed by atoms with Crippen LogP contribution < -0.4 is 4.90 Å². The quantitative estimate of drug-likeness (QED) is 0.161. The normalized spacial score (nSPS) is 17.8. The summed E-state index contributed by atoms with van der Waals surface area (Å²) in [5.41, 5.74) is 15.3. The van der Waals surface area contributed by atoms with Crippen molar-refractivity contribution in [1.29, 1.82) is 0 Å². The Morgan fingerprint density at radius 1 is 0.683 bits per heavy atom. The lowest BCUT2D eigenvalue weighted by Crippen LogP contribution is -2.16. The Morgan fingerprint density at radius 3 is 2.18 bits per heavy atom. The number of thiophene rings is 1. The summed E-state index contributed by atoms with van der Waals surface area (Å²) in [6.45, 7) is 0.503. The second-order valence-corrected chi connectivity index (χ2v) is 17.3. The van der Waals surface area contributed by atoms with E-state index in [0.29, 0.717) is 6.61 Å². The molecule has 8 aromatic rings. The van der Waals surface area contributed by atoms with Gasteiger partial charge in [0, 0.05) is 55.1 Å². The SMILES string of the molecule is C1=CC=C(N(c2ccc(-c3cc(C4=CCOC=N4)cc(-n4c5ccccc5c5ccccc54)c3)cc2)c2ccc(-c3cccc4c5c(sc34)C=CC3CC3C5)cc2)CC=C1. The van der Waals surface area contributed by atoms with Crippen LogP contribution in [0, 0.1) is 11.8 Å². The molecule has 4 aliphatic rings. The standard InChI is InChI=1S/C55H41N3OS/c1-2-4-11-42(10-3-1)57(44-25-20-37(21-26-44)46-14-9-15-49-50-34-40-30-38(40)22-27-54(50)60-55(46)49)43-23-18-36(19-24-43)39-31-41(51-28-29-59-35-56-51)33-45(32-39)58-52-16-7-5-12-47(52)48-13-6-8-17-53(48)58/h1-10,12-28,31-33,35,38,40H,11,29-30,34H2. The van der Waals surface area contributed by atoms with Crippen molar-refractivity contribution in [2.45, 2.75) is 19.3 Å². The van der Waals surface area contributed by atoms with Crippen molar-refractivity contribution < 1.29 is 4.74 Å². The predicted octanol–water partition coefficient (Wildman–Crippen LogP) is 14.5. The monoisotopic (exact) mass is 791 g/mol. The average molecular weight is 792 g/mol. The Labute approximate surface area is 353 Å². The number of ether oxygens (including phenoxy) is 1. The number of aromatic nitrogens is 1. The summed E-state index contributed by atoms with van der Waals surface area (Å²) in [5, 5.41) is 3.91. The van der Waals surface area contributed by atoms with Crippen LogP contribution in [0.5, 0.6) is 0 Å². The number of fused-ring (bicyclic) bond motifs is 7. The molecule has 12 rings (SSSR count). The van der Waals surface area contributed by atoms with Gasteiger partial charge in [-0.2, -0.15) is 0 Å². The van der Waals surface area contributed by atoms with E-state index in [1.807, 2.05) is 11.3 Å². The van der Waals surface area contributed by atoms with Crippen LogP contribution in [0.1, 0.15) is 28.8 Å². The third-order valence-electron chi connectivity index (χ3n) is 12.6. The van der Waals surface area contributed by atoms with Crippen LogP contribution in [0.15, 0.2) is 187 Å². The topological polar surface area (TPSA) is 29.8 Å². The fourth-order valence-electron chi connectivity index (χ4n) is 9.55. The second kappa shape index (κ2) is 14.4. The number of aliphatic imine (C=N–C) groups is 1. The van der Waals surface area contributed by atoms with Crippen molar-refractivity contribution in [3.8, 4) is 27.9 Å². The third kappa shape index (κ3) is 6.08. The number of allylic oxidation sites excluding steroid dienone is 6. The van der Waals surface area contributed by atoms with Gasteiger partial charge in [0.2, 0.25) is 0 Å². The zero-order valence-corrected chi connectivity index (χ0v) is 33.9. The summed E-state index contributed by atoms with van der Waals surface area (Å²) in [6, 6.07) is 49.3. The van der Waals surface area contributed by atoms with E-state index in [2.05, 4.69) is 197 Å². The maximum absolute atomic E-state index is 5.46. The smallest absolute Gasteiger partial charge is 0.174 e. The molecule has 5 heteroatoms. The molecule has 1 aliphatic heterocycles. The van der Waals surface area contributed by atoms with E-state index in [1.54, 1.807) is 12.0 Å². The molecule has 288 valence electrons. The molecule has 2 atom stereocenters. The molecule has 0 radical (unpaired) electrons. The molecule has 2 unspecified atom stereocenters. The first-order chi connectivity index (χ1) is 29.7. The highest BCUT2D eigenvalue weighted by Gasteiger charge is 2.37. The Hall–Kier alpha value is -6.95. The maximum atomic E-state index is 5.46. The van der Waals surface area contributed by atoms with Crippen LogP contribution in [-0.2, 0) is 11.2 Å². The van der Waals surface area contributed by atoms with Crippen molar-refractivity contribution in [2.75, 3.05) is 11.5 Å². The lowest BCUT2D eigenvalue weighted by molar-refractivity contribution is 0.364. The molecule has 6 aromatic carbocycles. The molecular formula is C55H41N3OS. The van der Waals surface area contributed by atoms with Crippen molar-refractivity contribution >= 4 is 72.8 Å². The van der Waals surface area contributed by atoms with Crippen molar-refractivity contribution in [3.63, 3.8) is 0 Å². The van der Waals surface area contributed by atoms with E-state index in [1.165, 1.54) is 66.4 Å². The Bertz CT molecular complexity index is 3130. The predicted molar refractivity (Wildman–Crippen MR) is 253 cm³/mol. The van der Waals surface area contributed by atoms with Gasteiger partial charge in [-0.1, -0.05) is 109 Å². The first-order valence-corrected chi connectivity index (χ1v) is 21.8. The average Bonchev–Trinajstić information content (AvgIpc) is 3.98. The first-order valence-electron chi connectivity index (χ1n) is 21.0. The van der Waals surface area contributed by atoms with E-state index in [4.69, 9.17) is 4.74 Å². The summed E-state index contributed by atoms with van der Waals surface area (Å²) in [6.07, 6.45) is 22.7. The molecule has 0 N–H and O–H groups in total. The molecular weight excluding hydrogens is 751 g/mol. The minimum absolute atomic E-state index is 0.503. The van der Waals surface area contributed by atoms with Gasteiger partial charge in [-0.3, -0.25) is 0 Å². The number of hydrogen-bond donors (Lipinski definition) is 0. The third-order valence-corrected chi connectivity index (χ3v) is 13.9. The van der Waals surface area contributed by atoms with Crippen LogP contribution in [0.4, 0.5) is 11.4 Å². The maximum Gasteiger partial charge on any atom is 0.174 e. The zero-order valence-electron chi connectivity index (χ0n) is 33.0. The minimum atomic E-state index is 0.503. The summed E-state index contributed by atoms with van der Waals surface area (Å²) in [4.78, 5) is 8.50. The molecule has 3 heterocycles. The molecule has 60 heavy (non-hydrogen) atoms. The number of benzene rings is 6. The molecule has 1 saturated carbocycles. The minimum Gasteiger partial charge on any atom is -0.479 e. The highest BCUT2D eigenvalue weighted by molar-refractivity contribution is 7.20. The lowest BCUT2D eigenvalue weighted by Gasteiger charge is -2.28. The van der Waals surface area contributed by atoms with Gasteiger partial charge in [0.1, 0.15) is 6.61 Å². The van der Waals surface area contributed by atoms with Gasteiger partial charge in [0.25, 0.3) is 0 Å². The van der Waals surface area contributed by atoms with Crippen LogP contribution in [0.2, 0.25) is 0 Å². The highest BCUT2D eigenvalue weighted by atomic mass is 32.1. The largest absolute Gasteiger partial charge is 0.479 e. The van der Waals surface area contributed by atoms with Gasteiger partial charge in [-0.15, -0.1) is 11.3 Å². The van der Waals surface area contributed by atoms with Gasteiger partial charge in [0.15, 0.2) is 6.40 Å². The number of hydrogen-bond acceptors (Lipinski definition) is 4. The van der Waals surface area contributed by atoms with Crippen LogP contribution in [0.3, 0.4) is 0 Å². The van der Waals surface area contributed by atoms with Crippen molar-refractivity contribution in [2.24, 2.45) is 16.8 Å². The summed E-state index contributed by atoms with van der Waals surface area (Å²) in [5.74, 6) is 1.61. The number of rotatable bonds is 7. The second-order valence-electron chi connectivity index (χ2n) is 16.2. The molecule has 1 fully saturated rings. The van der Waals surface area contributed by atoms with Gasteiger partial charge < -0.3 is 14.2 Å². The Kier molecular flexibility index (Phi) is 8.41.